The lowest BCUT2D eigenvalue weighted by atomic mass is 9.88. The minimum absolute atomic E-state index is 0.0278. The molecule has 0 aliphatic rings. The average Bonchev–Trinajstić information content (AvgIpc) is 2.26. The molecule has 0 saturated heterocycles. The van der Waals surface area contributed by atoms with Crippen LogP contribution in [0.15, 0.2) is 12.1 Å². The van der Waals surface area contributed by atoms with Crippen LogP contribution in [-0.2, 0) is 0 Å². The summed E-state index contributed by atoms with van der Waals surface area (Å²) >= 11 is 0. The number of benzene rings is 1. The van der Waals surface area contributed by atoms with Gasteiger partial charge in [-0.05, 0) is 12.3 Å². The first-order chi connectivity index (χ1) is 9.04. The second-order valence-corrected chi connectivity index (χ2v) is 5.64. The van der Waals surface area contributed by atoms with Crippen LogP contribution in [0.2, 0.25) is 0 Å². The van der Waals surface area contributed by atoms with E-state index in [4.69, 9.17) is 5.11 Å². The number of carboxylic acid groups (broad SMARTS) is 1. The standard InChI is InChI=1S/C13H17FN2O4/c1-7(13(2,3)4)15-10-6-9(14)8(12(17)18)5-11(10)16(19)20/h5-7,15H,1-4H3,(H,17,18). The Morgan fingerprint density at radius 2 is 2.00 bits per heavy atom. The molecule has 0 radical (unpaired) electrons. The van der Waals surface area contributed by atoms with Crippen LogP contribution in [-0.4, -0.2) is 22.0 Å². The van der Waals surface area contributed by atoms with E-state index in [-0.39, 0.29) is 17.1 Å². The number of hydrogen-bond donors (Lipinski definition) is 2. The number of anilines is 1. The summed E-state index contributed by atoms with van der Waals surface area (Å²) in [6, 6.07) is 1.41. The topological polar surface area (TPSA) is 92.5 Å². The van der Waals surface area contributed by atoms with Crippen molar-refractivity contribution >= 4 is 17.3 Å². The van der Waals surface area contributed by atoms with E-state index in [0.29, 0.717) is 0 Å². The highest BCUT2D eigenvalue weighted by molar-refractivity contribution is 5.90. The summed E-state index contributed by atoms with van der Waals surface area (Å²) in [7, 11) is 0. The molecule has 6 nitrogen and oxygen atoms in total. The molecule has 7 heteroatoms. The zero-order valence-electron chi connectivity index (χ0n) is 11.7. The predicted molar refractivity (Wildman–Crippen MR) is 72.6 cm³/mol. The number of nitro benzene ring substituents is 1. The van der Waals surface area contributed by atoms with Crippen molar-refractivity contribution in [1.82, 2.24) is 0 Å². The van der Waals surface area contributed by atoms with Gasteiger partial charge in [0.25, 0.3) is 5.69 Å². The highest BCUT2D eigenvalue weighted by Gasteiger charge is 2.26. The Balaban J connectivity index is 3.29. The van der Waals surface area contributed by atoms with Crippen LogP contribution in [0, 0.1) is 21.3 Å². The number of carboxylic acids is 1. The first-order valence-corrected chi connectivity index (χ1v) is 6.01. The third-order valence-corrected chi connectivity index (χ3v) is 3.18. The van der Waals surface area contributed by atoms with Gasteiger partial charge >= 0.3 is 5.97 Å². The molecule has 0 aliphatic carbocycles. The number of nitrogens with zero attached hydrogens (tertiary/aromatic N) is 1. The minimum atomic E-state index is -1.54. The molecule has 0 fully saturated rings. The van der Waals surface area contributed by atoms with Gasteiger partial charge in [0.05, 0.1) is 4.92 Å². The van der Waals surface area contributed by atoms with E-state index < -0.39 is 28.0 Å². The smallest absolute Gasteiger partial charge is 0.338 e. The fourth-order valence-corrected chi connectivity index (χ4v) is 1.44. The molecule has 1 unspecified atom stereocenters. The zero-order valence-corrected chi connectivity index (χ0v) is 11.7. The van der Waals surface area contributed by atoms with E-state index in [2.05, 4.69) is 5.32 Å². The van der Waals surface area contributed by atoms with Crippen molar-refractivity contribution in [2.24, 2.45) is 5.41 Å². The fraction of sp³-hybridized carbons (Fsp3) is 0.462. The second-order valence-electron chi connectivity index (χ2n) is 5.64. The van der Waals surface area contributed by atoms with E-state index in [1.165, 1.54) is 0 Å². The lowest BCUT2D eigenvalue weighted by molar-refractivity contribution is -0.384. The minimum Gasteiger partial charge on any atom is -0.478 e. The van der Waals surface area contributed by atoms with Gasteiger partial charge in [-0.15, -0.1) is 0 Å². The molecule has 1 atom stereocenters. The number of carbonyl (C=O) groups is 1. The second kappa shape index (κ2) is 5.44. The summed E-state index contributed by atoms with van der Waals surface area (Å²) in [5.74, 6) is -2.55. The Bertz CT molecular complexity index is 552. The number of nitro groups is 1. The maximum absolute atomic E-state index is 13.6. The molecule has 0 amide bonds. The van der Waals surface area contributed by atoms with Gasteiger partial charge in [-0.3, -0.25) is 10.1 Å². The normalized spacial score (nSPS) is 12.8. The van der Waals surface area contributed by atoms with Crippen LogP contribution in [0.5, 0.6) is 0 Å². The van der Waals surface area contributed by atoms with Crippen LogP contribution in [0.1, 0.15) is 38.1 Å². The molecule has 110 valence electrons. The van der Waals surface area contributed by atoms with Gasteiger partial charge in [-0.1, -0.05) is 20.8 Å². The third-order valence-electron chi connectivity index (χ3n) is 3.18. The van der Waals surface area contributed by atoms with E-state index in [1.54, 1.807) is 0 Å². The summed E-state index contributed by atoms with van der Waals surface area (Å²) in [6.07, 6.45) is 0. The predicted octanol–water partition coefficient (Wildman–Crippen LogP) is 3.28. The molecular weight excluding hydrogens is 267 g/mol. The van der Waals surface area contributed by atoms with Crippen LogP contribution in [0.4, 0.5) is 15.8 Å². The first kappa shape index (κ1) is 15.9. The summed E-state index contributed by atoms with van der Waals surface area (Å²) in [6.45, 7) is 7.60. The van der Waals surface area contributed by atoms with Crippen LogP contribution >= 0.6 is 0 Å². The van der Waals surface area contributed by atoms with E-state index in [0.717, 1.165) is 12.1 Å². The molecule has 2 N–H and O–H groups in total. The largest absolute Gasteiger partial charge is 0.478 e. The number of aromatic carboxylic acids is 1. The fourth-order valence-electron chi connectivity index (χ4n) is 1.44. The van der Waals surface area contributed by atoms with Gasteiger partial charge in [-0.25, -0.2) is 9.18 Å². The number of halogens is 1. The Morgan fingerprint density at radius 3 is 2.40 bits per heavy atom. The molecule has 1 rings (SSSR count). The quantitative estimate of drug-likeness (QED) is 0.653. The molecule has 0 heterocycles. The summed E-state index contributed by atoms with van der Waals surface area (Å²) in [5.41, 5.74) is -1.40. The van der Waals surface area contributed by atoms with Crippen molar-refractivity contribution in [1.29, 1.82) is 0 Å². The lowest BCUT2D eigenvalue weighted by Gasteiger charge is -2.28. The van der Waals surface area contributed by atoms with Gasteiger partial charge in [0.1, 0.15) is 17.1 Å². The van der Waals surface area contributed by atoms with Crippen LogP contribution in [0.3, 0.4) is 0 Å². The van der Waals surface area contributed by atoms with Crippen molar-refractivity contribution in [2.75, 3.05) is 5.32 Å². The van der Waals surface area contributed by atoms with Gasteiger partial charge in [0.15, 0.2) is 0 Å². The summed E-state index contributed by atoms with van der Waals surface area (Å²) < 4.78 is 13.6. The van der Waals surface area contributed by atoms with Crippen LogP contribution in [0.25, 0.3) is 0 Å². The molecular formula is C13H17FN2O4. The Labute approximate surface area is 115 Å². The van der Waals surface area contributed by atoms with Gasteiger partial charge in [0.2, 0.25) is 0 Å². The highest BCUT2D eigenvalue weighted by Crippen LogP contribution is 2.31. The monoisotopic (exact) mass is 284 g/mol. The number of nitrogens with one attached hydrogen (secondary N) is 1. The van der Waals surface area contributed by atoms with Gasteiger partial charge in [0, 0.05) is 18.2 Å². The highest BCUT2D eigenvalue weighted by atomic mass is 19.1. The van der Waals surface area contributed by atoms with Crippen molar-refractivity contribution in [3.63, 3.8) is 0 Å². The molecule has 1 aromatic carbocycles. The van der Waals surface area contributed by atoms with E-state index in [9.17, 15) is 19.3 Å². The van der Waals surface area contributed by atoms with E-state index >= 15 is 0 Å². The van der Waals surface area contributed by atoms with Crippen molar-refractivity contribution in [3.05, 3.63) is 33.6 Å². The third kappa shape index (κ3) is 3.43. The average molecular weight is 284 g/mol. The van der Waals surface area contributed by atoms with Gasteiger partial charge in [-0.2, -0.15) is 0 Å². The Morgan fingerprint density at radius 1 is 1.45 bits per heavy atom. The van der Waals surface area contributed by atoms with Crippen molar-refractivity contribution < 1.29 is 19.2 Å². The number of rotatable bonds is 4. The lowest BCUT2D eigenvalue weighted by Crippen LogP contribution is -2.31. The molecule has 0 aliphatic heterocycles. The van der Waals surface area contributed by atoms with Gasteiger partial charge < -0.3 is 10.4 Å². The summed E-state index contributed by atoms with van der Waals surface area (Å²) in [5, 5.41) is 22.6. The summed E-state index contributed by atoms with van der Waals surface area (Å²) in [4.78, 5) is 21.1. The molecule has 0 bridgehead atoms. The van der Waals surface area contributed by atoms with Crippen LogP contribution < -0.4 is 5.32 Å². The maximum Gasteiger partial charge on any atom is 0.338 e. The number of hydrogen-bond acceptors (Lipinski definition) is 4. The van der Waals surface area contributed by atoms with Crippen molar-refractivity contribution in [3.8, 4) is 0 Å². The van der Waals surface area contributed by atoms with Crippen molar-refractivity contribution in [2.45, 2.75) is 33.7 Å². The Kier molecular flexibility index (Phi) is 4.32. The maximum atomic E-state index is 13.6. The Hall–Kier alpha value is -2.18. The molecule has 0 spiro atoms. The van der Waals surface area contributed by atoms with E-state index in [1.807, 2.05) is 27.7 Å². The molecule has 0 saturated carbocycles. The molecule has 20 heavy (non-hydrogen) atoms. The molecule has 0 aromatic heterocycles. The SMILES string of the molecule is CC(Nc1cc(F)c(C(=O)O)cc1[N+](=O)[O-])C(C)(C)C. The zero-order chi connectivity index (χ0) is 15.7. The first-order valence-electron chi connectivity index (χ1n) is 6.01. The molecule has 1 aromatic rings.